The molecule has 3 aromatic rings. The van der Waals surface area contributed by atoms with Crippen LogP contribution < -0.4 is 10.2 Å². The Labute approximate surface area is 189 Å². The van der Waals surface area contributed by atoms with Crippen molar-refractivity contribution in [2.24, 2.45) is 0 Å². The van der Waals surface area contributed by atoms with Gasteiger partial charge >= 0.3 is 0 Å². The number of fused-ring (bicyclic) bond motifs is 2. The van der Waals surface area contributed by atoms with Crippen LogP contribution >= 0.6 is 0 Å². The first-order valence-electron chi connectivity index (χ1n) is 11.1. The molecule has 0 aliphatic carbocycles. The predicted molar refractivity (Wildman–Crippen MR) is 131 cm³/mol. The van der Waals surface area contributed by atoms with E-state index in [0.717, 1.165) is 28.5 Å². The molecule has 5 heteroatoms. The summed E-state index contributed by atoms with van der Waals surface area (Å²) in [6.45, 7) is 7.23. The summed E-state index contributed by atoms with van der Waals surface area (Å²) in [5.41, 5.74) is 5.83. The zero-order chi connectivity index (χ0) is 22.9. The van der Waals surface area contributed by atoms with Crippen LogP contribution in [0, 0.1) is 11.3 Å². The first-order chi connectivity index (χ1) is 15.3. The number of rotatable bonds is 5. The monoisotopic (exact) mass is 426 g/mol. The number of nitrogens with zero attached hydrogens (tertiary/aromatic N) is 2. The second-order valence-electron chi connectivity index (χ2n) is 9.33. The van der Waals surface area contributed by atoms with Crippen molar-refractivity contribution in [2.75, 3.05) is 18.5 Å². The van der Waals surface area contributed by atoms with Gasteiger partial charge in [-0.25, -0.2) is 0 Å². The lowest BCUT2D eigenvalue weighted by molar-refractivity contribution is -0.117. The van der Waals surface area contributed by atoms with Gasteiger partial charge in [0.2, 0.25) is 0 Å². The van der Waals surface area contributed by atoms with E-state index in [-0.39, 0.29) is 17.0 Å². The second kappa shape index (κ2) is 8.55. The fraction of sp³-hybridized carbons (Fsp3) is 0.333. The van der Waals surface area contributed by atoms with E-state index in [4.69, 9.17) is 0 Å². The number of amides is 1. The molecule has 0 saturated heterocycles. The fourth-order valence-electron chi connectivity index (χ4n) is 4.74. The number of benzene rings is 2. The number of aromatic nitrogens is 1. The van der Waals surface area contributed by atoms with Crippen LogP contribution in [0.4, 0.5) is 5.69 Å². The molecule has 1 aliphatic heterocycles. The minimum Gasteiger partial charge on any atom is -0.369 e. The Morgan fingerprint density at radius 3 is 2.88 bits per heavy atom. The fourth-order valence-corrected chi connectivity index (χ4v) is 4.74. The summed E-state index contributed by atoms with van der Waals surface area (Å²) in [5, 5.41) is 13.6. The molecule has 164 valence electrons. The standard InChI is InChI=1S/C27H30N4O/c1-18-15-27(2,3)31(4)25-10-9-19(14-23(18)25)13-21(16-28)26(32)29-12-11-20-17-30-24-8-6-5-7-22(20)24/h5-10,13-14,17-18,30H,11-12,15H2,1-4H3,(H,29,32)/b21-13-. The van der Waals surface area contributed by atoms with Crippen molar-refractivity contribution in [2.45, 2.75) is 45.1 Å². The average molecular weight is 427 g/mol. The first-order valence-corrected chi connectivity index (χ1v) is 11.1. The van der Waals surface area contributed by atoms with E-state index in [1.54, 1.807) is 6.08 Å². The minimum atomic E-state index is -0.337. The number of nitrogens with one attached hydrogen (secondary N) is 2. The SMILES string of the molecule is CC1CC(C)(C)N(C)c2ccc(/C=C(/C#N)C(=O)NCCc3c[nH]c4ccccc34)cc21. The normalized spacial score (nSPS) is 17.7. The molecule has 32 heavy (non-hydrogen) atoms. The molecule has 2 N–H and O–H groups in total. The smallest absolute Gasteiger partial charge is 0.261 e. The van der Waals surface area contributed by atoms with Crippen LogP contribution in [0.15, 0.2) is 54.2 Å². The minimum absolute atomic E-state index is 0.103. The van der Waals surface area contributed by atoms with Crippen LogP contribution in [0.1, 0.15) is 49.8 Å². The number of nitriles is 1. The summed E-state index contributed by atoms with van der Waals surface area (Å²) in [4.78, 5) is 18.2. The van der Waals surface area contributed by atoms with Crippen LogP contribution in [0.3, 0.4) is 0 Å². The van der Waals surface area contributed by atoms with Gasteiger partial charge in [-0.1, -0.05) is 31.2 Å². The van der Waals surface area contributed by atoms with Crippen molar-refractivity contribution in [3.8, 4) is 6.07 Å². The second-order valence-corrected chi connectivity index (χ2v) is 9.33. The summed E-state index contributed by atoms with van der Waals surface area (Å²) in [6.07, 6.45) is 5.42. The Hall–Kier alpha value is -3.52. The van der Waals surface area contributed by atoms with Gasteiger partial charge in [-0.2, -0.15) is 5.26 Å². The van der Waals surface area contributed by atoms with Crippen LogP contribution in [-0.4, -0.2) is 30.0 Å². The molecule has 2 heterocycles. The molecule has 0 bridgehead atoms. The third-order valence-corrected chi connectivity index (χ3v) is 6.69. The van der Waals surface area contributed by atoms with E-state index in [0.29, 0.717) is 18.9 Å². The summed E-state index contributed by atoms with van der Waals surface area (Å²) in [5.74, 6) is 0.0800. The Kier molecular flexibility index (Phi) is 5.80. The van der Waals surface area contributed by atoms with Crippen LogP contribution in [-0.2, 0) is 11.2 Å². The van der Waals surface area contributed by atoms with Gasteiger partial charge < -0.3 is 15.2 Å². The van der Waals surface area contributed by atoms with E-state index in [2.05, 4.69) is 67.3 Å². The highest BCUT2D eigenvalue weighted by atomic mass is 16.1. The third-order valence-electron chi connectivity index (χ3n) is 6.69. The maximum atomic E-state index is 12.6. The Bertz CT molecular complexity index is 1230. The maximum Gasteiger partial charge on any atom is 0.261 e. The number of H-pyrrole nitrogens is 1. The number of hydrogen-bond donors (Lipinski definition) is 2. The molecular formula is C27H30N4O. The lowest BCUT2D eigenvalue weighted by Crippen LogP contribution is -2.45. The summed E-state index contributed by atoms with van der Waals surface area (Å²) in [7, 11) is 2.13. The Morgan fingerprint density at radius 2 is 2.09 bits per heavy atom. The van der Waals surface area contributed by atoms with Crippen molar-refractivity contribution in [3.63, 3.8) is 0 Å². The molecule has 1 amide bonds. The van der Waals surface area contributed by atoms with Crippen LogP contribution in [0.5, 0.6) is 0 Å². The van der Waals surface area contributed by atoms with Crippen molar-refractivity contribution in [1.29, 1.82) is 5.26 Å². The molecular weight excluding hydrogens is 396 g/mol. The van der Waals surface area contributed by atoms with E-state index >= 15 is 0 Å². The molecule has 0 radical (unpaired) electrons. The highest BCUT2D eigenvalue weighted by molar-refractivity contribution is 6.01. The summed E-state index contributed by atoms with van der Waals surface area (Å²) >= 11 is 0. The van der Waals surface area contributed by atoms with Crippen molar-refractivity contribution < 1.29 is 4.79 Å². The Morgan fingerprint density at radius 1 is 1.31 bits per heavy atom. The lowest BCUT2D eigenvalue weighted by Gasteiger charge is -2.45. The van der Waals surface area contributed by atoms with Crippen molar-refractivity contribution in [3.05, 3.63) is 70.9 Å². The number of para-hydroxylation sites is 1. The highest BCUT2D eigenvalue weighted by Gasteiger charge is 2.33. The maximum absolute atomic E-state index is 12.6. The van der Waals surface area contributed by atoms with Gasteiger partial charge in [-0.15, -0.1) is 0 Å². The molecule has 5 nitrogen and oxygen atoms in total. The summed E-state index contributed by atoms with van der Waals surface area (Å²) in [6, 6.07) is 16.4. The number of hydrogen-bond acceptors (Lipinski definition) is 3. The molecule has 0 spiro atoms. The predicted octanol–water partition coefficient (Wildman–Crippen LogP) is 5.16. The molecule has 0 fully saturated rings. The number of carbonyl (C=O) groups excluding carboxylic acids is 1. The summed E-state index contributed by atoms with van der Waals surface area (Å²) < 4.78 is 0. The van der Waals surface area contributed by atoms with Gasteiger partial charge in [0, 0.05) is 41.9 Å². The zero-order valence-electron chi connectivity index (χ0n) is 19.2. The molecule has 2 aromatic carbocycles. The first kappa shape index (κ1) is 21.7. The van der Waals surface area contributed by atoms with Gasteiger partial charge in [0.1, 0.15) is 11.6 Å². The quantitative estimate of drug-likeness (QED) is 0.437. The average Bonchev–Trinajstić information content (AvgIpc) is 3.18. The lowest BCUT2D eigenvalue weighted by atomic mass is 9.80. The van der Waals surface area contributed by atoms with Gasteiger partial charge in [0.25, 0.3) is 5.91 Å². The number of carbonyl (C=O) groups is 1. The molecule has 1 unspecified atom stereocenters. The largest absolute Gasteiger partial charge is 0.369 e. The third kappa shape index (κ3) is 4.13. The molecule has 0 saturated carbocycles. The van der Waals surface area contributed by atoms with Gasteiger partial charge in [-0.05, 0) is 73.6 Å². The van der Waals surface area contributed by atoms with E-state index in [1.807, 2.05) is 30.5 Å². The highest BCUT2D eigenvalue weighted by Crippen LogP contribution is 2.42. The molecule has 1 aromatic heterocycles. The Balaban J connectivity index is 1.46. The number of anilines is 1. The van der Waals surface area contributed by atoms with E-state index < -0.39 is 0 Å². The van der Waals surface area contributed by atoms with E-state index in [9.17, 15) is 10.1 Å². The van der Waals surface area contributed by atoms with Crippen LogP contribution in [0.2, 0.25) is 0 Å². The number of aromatic amines is 1. The van der Waals surface area contributed by atoms with Crippen LogP contribution in [0.25, 0.3) is 17.0 Å². The van der Waals surface area contributed by atoms with Crippen molar-refractivity contribution >= 4 is 28.6 Å². The topological polar surface area (TPSA) is 71.9 Å². The molecule has 1 atom stereocenters. The zero-order valence-corrected chi connectivity index (χ0v) is 19.2. The van der Waals surface area contributed by atoms with E-state index in [1.165, 1.54) is 11.3 Å². The molecule has 4 rings (SSSR count). The van der Waals surface area contributed by atoms with Crippen molar-refractivity contribution in [1.82, 2.24) is 10.3 Å². The van der Waals surface area contributed by atoms with Gasteiger partial charge in [0.05, 0.1) is 0 Å². The van der Waals surface area contributed by atoms with Gasteiger partial charge in [-0.3, -0.25) is 4.79 Å². The van der Waals surface area contributed by atoms with Gasteiger partial charge in [0.15, 0.2) is 0 Å². The molecule has 1 aliphatic rings.